The Morgan fingerprint density at radius 2 is 2.14 bits per heavy atom. The summed E-state index contributed by atoms with van der Waals surface area (Å²) in [5.74, 6) is -0.717. The van der Waals surface area contributed by atoms with Gasteiger partial charge in [-0.2, -0.15) is 0 Å². The van der Waals surface area contributed by atoms with Gasteiger partial charge in [-0.3, -0.25) is 4.79 Å². The topological polar surface area (TPSA) is 70.8 Å². The van der Waals surface area contributed by atoms with Crippen LogP contribution in [-0.2, 0) is 19.0 Å². The van der Waals surface area contributed by atoms with Crippen molar-refractivity contribution in [1.82, 2.24) is 0 Å². The molecule has 0 aromatic rings. The highest BCUT2D eigenvalue weighted by Crippen LogP contribution is 2.25. The van der Waals surface area contributed by atoms with Crippen molar-refractivity contribution in [2.75, 3.05) is 14.2 Å². The Morgan fingerprint density at radius 3 is 2.57 bits per heavy atom. The Hall–Kier alpha value is -0.650. The third-order valence-corrected chi connectivity index (χ3v) is 2.53. The highest BCUT2D eigenvalue weighted by atomic mass is 16.7. The molecule has 0 aromatic heterocycles. The van der Waals surface area contributed by atoms with E-state index in [1.807, 2.05) is 0 Å². The zero-order valence-corrected chi connectivity index (χ0v) is 8.73. The van der Waals surface area contributed by atoms with Crippen molar-refractivity contribution >= 4 is 5.97 Å². The molecule has 0 saturated carbocycles. The number of hydrogen-bond donors (Lipinski definition) is 1. The van der Waals surface area contributed by atoms with Gasteiger partial charge in [-0.05, 0) is 6.92 Å². The summed E-state index contributed by atoms with van der Waals surface area (Å²) in [6.07, 6.45) is -0.0716. The van der Waals surface area contributed by atoms with Crippen molar-refractivity contribution < 1.29 is 19.0 Å². The Bertz CT molecular complexity index is 197. The quantitative estimate of drug-likeness (QED) is 0.634. The summed E-state index contributed by atoms with van der Waals surface area (Å²) < 4.78 is 15.1. The number of nitrogens with two attached hydrogens (primary N) is 1. The molecule has 0 spiro atoms. The van der Waals surface area contributed by atoms with Crippen LogP contribution in [0.1, 0.15) is 13.3 Å². The standard InChI is InChI=1S/C9H17NO4/c1-5-8(9(11)13-3)6(10)4-7(12-2)14-5/h5-8H,4,10H2,1-3H3/t5-,6+,7+,8-/m1/s1. The molecule has 0 aliphatic carbocycles. The van der Waals surface area contributed by atoms with Gasteiger partial charge in [-0.1, -0.05) is 0 Å². The molecule has 5 nitrogen and oxygen atoms in total. The Kier molecular flexibility index (Phi) is 3.86. The first-order valence-corrected chi connectivity index (χ1v) is 4.61. The van der Waals surface area contributed by atoms with Crippen molar-refractivity contribution in [3.05, 3.63) is 0 Å². The van der Waals surface area contributed by atoms with E-state index in [4.69, 9.17) is 15.2 Å². The van der Waals surface area contributed by atoms with E-state index in [0.717, 1.165) is 0 Å². The van der Waals surface area contributed by atoms with Gasteiger partial charge in [-0.15, -0.1) is 0 Å². The van der Waals surface area contributed by atoms with E-state index in [-0.39, 0.29) is 24.4 Å². The predicted molar refractivity (Wildman–Crippen MR) is 49.4 cm³/mol. The van der Waals surface area contributed by atoms with Crippen LogP contribution in [0.25, 0.3) is 0 Å². The molecule has 14 heavy (non-hydrogen) atoms. The fourth-order valence-electron chi connectivity index (χ4n) is 1.75. The normalized spacial score (nSPS) is 38.0. The molecule has 0 radical (unpaired) electrons. The van der Waals surface area contributed by atoms with Crippen LogP contribution in [0.2, 0.25) is 0 Å². The number of methoxy groups -OCH3 is 2. The molecule has 1 aliphatic heterocycles. The van der Waals surface area contributed by atoms with Gasteiger partial charge >= 0.3 is 5.97 Å². The van der Waals surface area contributed by atoms with E-state index in [0.29, 0.717) is 6.42 Å². The number of esters is 1. The van der Waals surface area contributed by atoms with Crippen LogP contribution in [0.4, 0.5) is 0 Å². The number of rotatable bonds is 2. The van der Waals surface area contributed by atoms with Gasteiger partial charge < -0.3 is 19.9 Å². The highest BCUT2D eigenvalue weighted by molar-refractivity contribution is 5.73. The zero-order valence-electron chi connectivity index (χ0n) is 8.73. The molecule has 1 fully saturated rings. The molecule has 5 heteroatoms. The Balaban J connectivity index is 2.65. The van der Waals surface area contributed by atoms with Gasteiger partial charge in [-0.25, -0.2) is 0 Å². The summed E-state index contributed by atoms with van der Waals surface area (Å²) in [6, 6.07) is -0.267. The molecule has 82 valence electrons. The second-order valence-corrected chi connectivity index (χ2v) is 3.45. The molecule has 0 amide bonds. The maximum atomic E-state index is 11.4. The van der Waals surface area contributed by atoms with Crippen LogP contribution < -0.4 is 5.73 Å². The maximum absolute atomic E-state index is 11.4. The van der Waals surface area contributed by atoms with E-state index >= 15 is 0 Å². The Morgan fingerprint density at radius 1 is 1.50 bits per heavy atom. The maximum Gasteiger partial charge on any atom is 0.312 e. The van der Waals surface area contributed by atoms with Gasteiger partial charge in [0.15, 0.2) is 6.29 Å². The second-order valence-electron chi connectivity index (χ2n) is 3.45. The first kappa shape index (κ1) is 11.4. The lowest BCUT2D eigenvalue weighted by atomic mass is 9.90. The van der Waals surface area contributed by atoms with Crippen LogP contribution in [0.3, 0.4) is 0 Å². The molecule has 1 aliphatic rings. The number of ether oxygens (including phenoxy) is 3. The molecule has 4 atom stereocenters. The lowest BCUT2D eigenvalue weighted by Gasteiger charge is -2.36. The minimum atomic E-state index is -0.397. The molecule has 0 unspecified atom stereocenters. The summed E-state index contributed by atoms with van der Waals surface area (Å²) in [7, 11) is 2.91. The van der Waals surface area contributed by atoms with Crippen LogP contribution in [0.5, 0.6) is 0 Å². The van der Waals surface area contributed by atoms with Crippen molar-refractivity contribution in [3.63, 3.8) is 0 Å². The minimum Gasteiger partial charge on any atom is -0.469 e. The first-order valence-electron chi connectivity index (χ1n) is 4.61. The number of hydrogen-bond acceptors (Lipinski definition) is 5. The number of carbonyl (C=O) groups is 1. The van der Waals surface area contributed by atoms with E-state index in [1.165, 1.54) is 7.11 Å². The van der Waals surface area contributed by atoms with Crippen molar-refractivity contribution in [3.8, 4) is 0 Å². The fraction of sp³-hybridized carbons (Fsp3) is 0.889. The largest absolute Gasteiger partial charge is 0.469 e. The summed E-state index contributed by atoms with van der Waals surface area (Å²) in [5, 5.41) is 0. The van der Waals surface area contributed by atoms with E-state index in [9.17, 15) is 4.79 Å². The summed E-state index contributed by atoms with van der Waals surface area (Å²) in [6.45, 7) is 1.80. The average molecular weight is 203 g/mol. The highest BCUT2D eigenvalue weighted by Gasteiger charge is 2.39. The fourth-order valence-corrected chi connectivity index (χ4v) is 1.75. The van der Waals surface area contributed by atoms with Crippen molar-refractivity contribution in [1.29, 1.82) is 0 Å². The molecular formula is C9H17NO4. The van der Waals surface area contributed by atoms with Gasteiger partial charge in [0.05, 0.1) is 19.1 Å². The van der Waals surface area contributed by atoms with Gasteiger partial charge in [0.1, 0.15) is 0 Å². The second kappa shape index (κ2) is 4.72. The summed E-state index contributed by atoms with van der Waals surface area (Å²) >= 11 is 0. The van der Waals surface area contributed by atoms with Crippen LogP contribution in [0, 0.1) is 5.92 Å². The van der Waals surface area contributed by atoms with Crippen LogP contribution in [0.15, 0.2) is 0 Å². The van der Waals surface area contributed by atoms with Crippen molar-refractivity contribution in [2.45, 2.75) is 31.8 Å². The van der Waals surface area contributed by atoms with E-state index < -0.39 is 5.92 Å². The van der Waals surface area contributed by atoms with Gasteiger partial charge in [0, 0.05) is 19.6 Å². The Labute approximate surface area is 83.5 Å². The zero-order chi connectivity index (χ0) is 10.7. The van der Waals surface area contributed by atoms with E-state index in [2.05, 4.69) is 4.74 Å². The predicted octanol–water partition coefficient (Wildman–Crippen LogP) is -0.116. The third-order valence-electron chi connectivity index (χ3n) is 2.53. The van der Waals surface area contributed by atoms with Crippen molar-refractivity contribution in [2.24, 2.45) is 11.7 Å². The molecule has 1 saturated heterocycles. The van der Waals surface area contributed by atoms with Gasteiger partial charge in [0.25, 0.3) is 0 Å². The smallest absolute Gasteiger partial charge is 0.312 e. The van der Waals surface area contributed by atoms with E-state index in [1.54, 1.807) is 14.0 Å². The molecule has 1 heterocycles. The first-order chi connectivity index (χ1) is 6.60. The minimum absolute atomic E-state index is 0.267. The average Bonchev–Trinajstić information content (AvgIpc) is 2.16. The number of carbonyl (C=O) groups excluding carboxylic acids is 1. The monoisotopic (exact) mass is 203 g/mol. The molecule has 1 rings (SSSR count). The lowest BCUT2D eigenvalue weighted by Crippen LogP contribution is -2.51. The molecule has 0 aromatic carbocycles. The SMILES string of the molecule is COC(=O)[C@H]1[C@@H](N)C[C@@H](OC)O[C@@H]1C. The lowest BCUT2D eigenvalue weighted by molar-refractivity contribution is -0.205. The van der Waals surface area contributed by atoms with Gasteiger partial charge in [0.2, 0.25) is 0 Å². The van der Waals surface area contributed by atoms with Crippen LogP contribution in [-0.4, -0.2) is 38.6 Å². The molecule has 0 bridgehead atoms. The molecule has 2 N–H and O–H groups in total. The molecular weight excluding hydrogens is 186 g/mol. The summed E-state index contributed by atoms with van der Waals surface area (Å²) in [5.41, 5.74) is 5.85. The third kappa shape index (κ3) is 2.23. The summed E-state index contributed by atoms with van der Waals surface area (Å²) in [4.78, 5) is 11.4. The van der Waals surface area contributed by atoms with Crippen LogP contribution >= 0.6 is 0 Å².